The number of carbonyl (C=O) groups is 3. The van der Waals surface area contributed by atoms with Crippen LogP contribution in [-0.2, 0) is 55.8 Å². The van der Waals surface area contributed by atoms with Crippen LogP contribution in [0.2, 0.25) is 0 Å². The van der Waals surface area contributed by atoms with E-state index in [-0.39, 0.29) is 19.3 Å². The Hall–Kier alpha value is -5.09. The number of hydrogen-bond acceptors (Lipinski definition) is 14. The van der Waals surface area contributed by atoms with Gasteiger partial charge in [0.15, 0.2) is 6.10 Å². The second-order valence-corrected chi connectivity index (χ2v) is 29.4. The van der Waals surface area contributed by atoms with Crippen molar-refractivity contribution in [1.82, 2.24) is 0 Å². The van der Waals surface area contributed by atoms with Crippen molar-refractivity contribution in [3.05, 3.63) is 170 Å². The average molecular weight is 1510 g/mol. The lowest BCUT2D eigenvalue weighted by atomic mass is 10.0. The van der Waals surface area contributed by atoms with Gasteiger partial charge in [-0.1, -0.05) is 300 Å². The zero-order valence-corrected chi connectivity index (χ0v) is 67.1. The molecule has 0 bridgehead atoms. The highest BCUT2D eigenvalue weighted by molar-refractivity contribution is 7.47. The second kappa shape index (κ2) is 78.5. The third-order valence-corrected chi connectivity index (χ3v) is 18.3. The molecule has 0 aliphatic heterocycles. The minimum Gasteiger partial charge on any atom is -0.463 e. The molecule has 18 heteroatoms. The zero-order chi connectivity index (χ0) is 76.6. The van der Waals surface area contributed by atoms with Gasteiger partial charge in [-0.25, -0.2) is 9.13 Å². The van der Waals surface area contributed by atoms with Crippen molar-refractivity contribution in [2.75, 3.05) is 39.6 Å². The summed E-state index contributed by atoms with van der Waals surface area (Å²) < 4.78 is 61.2. The van der Waals surface area contributed by atoms with Crippen LogP contribution < -0.4 is 0 Å². The molecule has 0 aliphatic carbocycles. The van der Waals surface area contributed by atoms with Gasteiger partial charge in [0, 0.05) is 19.3 Å². The van der Waals surface area contributed by atoms with E-state index in [1.54, 1.807) is 0 Å². The van der Waals surface area contributed by atoms with E-state index in [2.05, 4.69) is 191 Å². The summed E-state index contributed by atoms with van der Waals surface area (Å²) >= 11 is 0. The van der Waals surface area contributed by atoms with Gasteiger partial charge in [-0.2, -0.15) is 0 Å². The summed E-state index contributed by atoms with van der Waals surface area (Å²) in [5, 5.41) is 20.7. The van der Waals surface area contributed by atoms with Crippen LogP contribution in [0.15, 0.2) is 170 Å². The number of esters is 3. The van der Waals surface area contributed by atoms with Crippen LogP contribution in [0.5, 0.6) is 0 Å². The predicted molar refractivity (Wildman–Crippen MR) is 435 cm³/mol. The third-order valence-electron chi connectivity index (χ3n) is 16.4. The van der Waals surface area contributed by atoms with Crippen LogP contribution in [0.1, 0.15) is 303 Å². The molecule has 4 N–H and O–H groups in total. The van der Waals surface area contributed by atoms with E-state index >= 15 is 0 Å². The largest absolute Gasteiger partial charge is 0.472 e. The quantitative estimate of drug-likeness (QED) is 0.0146. The summed E-state index contributed by atoms with van der Waals surface area (Å²) in [7, 11) is -9.82. The first-order valence-corrected chi connectivity index (χ1v) is 43.4. The van der Waals surface area contributed by atoms with E-state index in [0.717, 1.165) is 161 Å². The van der Waals surface area contributed by atoms with Gasteiger partial charge < -0.3 is 34.2 Å². The second-order valence-electron chi connectivity index (χ2n) is 26.5. The molecule has 5 atom stereocenters. The van der Waals surface area contributed by atoms with Crippen molar-refractivity contribution < 1.29 is 75.8 Å². The lowest BCUT2D eigenvalue weighted by Crippen LogP contribution is -2.30. The molecule has 0 aromatic rings. The number of aliphatic hydroxyl groups is 2. The summed E-state index contributed by atoms with van der Waals surface area (Å²) in [6.45, 7) is 2.35. The van der Waals surface area contributed by atoms with Crippen LogP contribution in [0.25, 0.3) is 0 Å². The van der Waals surface area contributed by atoms with Crippen LogP contribution in [0.4, 0.5) is 0 Å². The molecule has 0 fully saturated rings. The number of carbonyl (C=O) groups excluding carboxylic acids is 3. The van der Waals surface area contributed by atoms with Gasteiger partial charge in [0.1, 0.15) is 25.4 Å². The first-order chi connectivity index (χ1) is 51.2. The molecule has 105 heavy (non-hydrogen) atoms. The Morgan fingerprint density at radius 1 is 0.276 bits per heavy atom. The Labute approximate surface area is 637 Å². The minimum absolute atomic E-state index is 0.0720. The fourth-order valence-corrected chi connectivity index (χ4v) is 11.9. The van der Waals surface area contributed by atoms with Gasteiger partial charge in [0.25, 0.3) is 0 Å². The number of hydrogen-bond donors (Lipinski definition) is 4. The SMILES string of the molecule is CC/C=C\C/C=C\C/C=C\C/C=C\C/C=C\C/C=C\CCCCC(=O)OCC(COP(=O)(O)OCC(O)COP(=O)(O)OCC(O)COC(=O)CCCCCCCCCCCCCCC/C=C\C/C=C\C/C=C\C/C=C\CCCCC)OC(=O)CCCCCCCC/C=C\C/C=C\C/C=C\C/C=C\CC. The van der Waals surface area contributed by atoms with Crippen molar-refractivity contribution in [3.63, 3.8) is 0 Å². The van der Waals surface area contributed by atoms with Gasteiger partial charge in [0.05, 0.1) is 26.4 Å². The highest BCUT2D eigenvalue weighted by Gasteiger charge is 2.29. The normalized spacial score (nSPS) is 14.8. The predicted octanol–water partition coefficient (Wildman–Crippen LogP) is 24.0. The van der Waals surface area contributed by atoms with Crippen LogP contribution >= 0.6 is 15.6 Å². The lowest BCUT2D eigenvalue weighted by Gasteiger charge is -2.21. The molecule has 598 valence electrons. The summed E-state index contributed by atoms with van der Waals surface area (Å²) in [4.78, 5) is 58.7. The summed E-state index contributed by atoms with van der Waals surface area (Å²) in [5.41, 5.74) is 0. The maximum absolute atomic E-state index is 13.0. The number of phosphoric acid groups is 2. The van der Waals surface area contributed by atoms with Crippen molar-refractivity contribution in [3.8, 4) is 0 Å². The van der Waals surface area contributed by atoms with E-state index in [1.807, 2.05) is 0 Å². The third kappa shape index (κ3) is 79.8. The monoisotopic (exact) mass is 1510 g/mol. The number of allylic oxidation sites excluding steroid dienone is 28. The van der Waals surface area contributed by atoms with Crippen LogP contribution in [-0.4, -0.2) is 95.9 Å². The number of ether oxygens (including phenoxy) is 3. The fraction of sp³-hybridized carbons (Fsp3) is 0.644. The van der Waals surface area contributed by atoms with E-state index in [0.29, 0.717) is 19.3 Å². The summed E-state index contributed by atoms with van der Waals surface area (Å²) in [6.07, 6.45) is 99.7. The van der Waals surface area contributed by atoms with Crippen molar-refractivity contribution >= 4 is 33.6 Å². The molecule has 5 unspecified atom stereocenters. The standard InChI is InChI=1S/C87H144O16P2/c1-4-7-10-13-16-19-22-25-28-31-34-36-37-38-39-40-41-42-43-45-48-49-52-55-58-61-64-67-70-73-85(90)97-76-82(88)77-99-104(93,94)100-78-83(89)79-101-105(95,96)102-81-84(103-87(92)75-72-69-66-63-60-57-54-51-46-33-30-27-24-21-18-15-12-9-6-3)80-98-86(91)74-71-68-65-62-59-56-53-50-47-44-35-32-29-26-23-20-17-14-11-8-5-2/h8-9,11-12,16-21,25-30,34-36,38-39,44,46,50-51,53,59,62,82-84,88-89H,4-7,10,13-15,22-24,31-33,37,40-43,45,47-49,52,54-58,60-61,63-81H2,1-3H3,(H,93,94)(H,95,96)/b11-8-,12-9-,19-16-,20-17-,21-18-,28-25-,29-26-,30-27-,36-34-,39-38-,44-35-,51-46-,53-50-,62-59-. The van der Waals surface area contributed by atoms with Gasteiger partial charge >= 0.3 is 33.6 Å². The number of rotatable bonds is 75. The number of aliphatic hydroxyl groups excluding tert-OH is 2. The Morgan fingerprint density at radius 3 is 0.819 bits per heavy atom. The molecule has 0 saturated carbocycles. The summed E-state index contributed by atoms with van der Waals surface area (Å²) in [6, 6.07) is 0. The molecule has 0 saturated heterocycles. The molecule has 16 nitrogen and oxygen atoms in total. The summed E-state index contributed by atoms with van der Waals surface area (Å²) in [5.74, 6) is -1.65. The molecule has 0 rings (SSSR count). The van der Waals surface area contributed by atoms with E-state index in [4.69, 9.17) is 32.3 Å². The highest BCUT2D eigenvalue weighted by Crippen LogP contribution is 2.45. The average Bonchev–Trinajstić information content (AvgIpc) is 0.923. The van der Waals surface area contributed by atoms with Crippen molar-refractivity contribution in [1.29, 1.82) is 0 Å². The molecule has 0 heterocycles. The van der Waals surface area contributed by atoms with Gasteiger partial charge in [-0.05, 0) is 154 Å². The molecule has 0 radical (unpaired) electrons. The van der Waals surface area contributed by atoms with E-state index in [9.17, 15) is 43.5 Å². The van der Waals surface area contributed by atoms with Crippen LogP contribution in [0, 0.1) is 0 Å². The highest BCUT2D eigenvalue weighted by atomic mass is 31.2. The van der Waals surface area contributed by atoms with E-state index in [1.165, 1.54) is 83.5 Å². The Balaban J connectivity index is 4.64. The first kappa shape index (κ1) is 99.9. The van der Waals surface area contributed by atoms with Gasteiger partial charge in [-0.15, -0.1) is 0 Å². The topological polar surface area (TPSA) is 231 Å². The Kier molecular flexibility index (Phi) is 74.7. The number of phosphoric ester groups is 2. The van der Waals surface area contributed by atoms with Gasteiger partial charge in [-0.3, -0.25) is 32.5 Å². The smallest absolute Gasteiger partial charge is 0.463 e. The molecule has 0 aliphatic rings. The zero-order valence-electron chi connectivity index (χ0n) is 65.3. The van der Waals surface area contributed by atoms with Gasteiger partial charge in [0.2, 0.25) is 0 Å². The maximum Gasteiger partial charge on any atom is 0.472 e. The first-order valence-electron chi connectivity index (χ1n) is 40.4. The molecular weight excluding hydrogens is 1360 g/mol. The lowest BCUT2D eigenvalue weighted by molar-refractivity contribution is -0.161. The minimum atomic E-state index is -4.95. The maximum atomic E-state index is 13.0. The molecule has 0 amide bonds. The molecule has 0 spiro atoms. The Morgan fingerprint density at radius 2 is 0.505 bits per heavy atom. The molecule has 0 aromatic carbocycles. The fourth-order valence-electron chi connectivity index (χ4n) is 10.3. The number of unbranched alkanes of at least 4 members (excludes halogenated alkanes) is 24. The van der Waals surface area contributed by atoms with E-state index < -0.39 is 91.5 Å². The van der Waals surface area contributed by atoms with Crippen molar-refractivity contribution in [2.24, 2.45) is 0 Å². The van der Waals surface area contributed by atoms with Crippen LogP contribution in [0.3, 0.4) is 0 Å². The van der Waals surface area contributed by atoms with Crippen molar-refractivity contribution in [2.45, 2.75) is 322 Å². The Bertz CT molecular complexity index is 2590. The molecular formula is C87H144O16P2. The molecule has 0 aromatic heterocycles.